The first-order valence-corrected chi connectivity index (χ1v) is 10.7. The maximum absolute atomic E-state index is 5.83. The van der Waals surface area contributed by atoms with Crippen LogP contribution in [-0.2, 0) is 6.42 Å². The second-order valence-corrected chi connectivity index (χ2v) is 7.79. The number of nitrogens with one attached hydrogen (secondary N) is 2. The third-order valence-corrected chi connectivity index (χ3v) is 5.48. The summed E-state index contributed by atoms with van der Waals surface area (Å²) in [4.78, 5) is 4.62. The number of anilines is 1. The minimum absolute atomic E-state index is 0.663. The summed E-state index contributed by atoms with van der Waals surface area (Å²) < 4.78 is 5.83. The van der Waals surface area contributed by atoms with Gasteiger partial charge in [-0.1, -0.05) is 57.9 Å². The summed E-state index contributed by atoms with van der Waals surface area (Å²) >= 11 is 0. The van der Waals surface area contributed by atoms with Gasteiger partial charge in [0.15, 0.2) is 5.58 Å². The maximum atomic E-state index is 5.83. The van der Waals surface area contributed by atoms with Gasteiger partial charge >= 0.3 is 0 Å². The van der Waals surface area contributed by atoms with Gasteiger partial charge in [-0.05, 0) is 56.0 Å². The highest BCUT2D eigenvalue weighted by Crippen LogP contribution is 2.22. The SMILES string of the molecule is CCCCCCCCCCc1ccc2oc(NC[C@@H]3CCNC3)nc2c1. The second kappa shape index (κ2) is 10.6. The summed E-state index contributed by atoms with van der Waals surface area (Å²) in [5, 5.41) is 6.75. The molecule has 2 aromatic rings. The number of nitrogens with zero attached hydrogens (tertiary/aromatic N) is 1. The molecule has 4 heteroatoms. The molecular formula is C22H35N3O. The Hall–Kier alpha value is -1.55. The molecule has 1 aromatic carbocycles. The average Bonchev–Trinajstić information content (AvgIpc) is 3.30. The number of aromatic nitrogens is 1. The van der Waals surface area contributed by atoms with E-state index in [9.17, 15) is 0 Å². The van der Waals surface area contributed by atoms with E-state index in [4.69, 9.17) is 4.42 Å². The molecule has 0 amide bonds. The molecular weight excluding hydrogens is 322 g/mol. The Balaban J connectivity index is 1.39. The van der Waals surface area contributed by atoms with Crippen molar-refractivity contribution in [1.82, 2.24) is 10.3 Å². The zero-order chi connectivity index (χ0) is 18.0. The van der Waals surface area contributed by atoms with Crippen molar-refractivity contribution in [2.45, 2.75) is 71.1 Å². The third kappa shape index (κ3) is 6.01. The van der Waals surface area contributed by atoms with Gasteiger partial charge < -0.3 is 15.1 Å². The van der Waals surface area contributed by atoms with Crippen molar-refractivity contribution in [2.24, 2.45) is 5.92 Å². The van der Waals surface area contributed by atoms with Crippen molar-refractivity contribution in [2.75, 3.05) is 25.0 Å². The van der Waals surface area contributed by atoms with Crippen LogP contribution in [0, 0.1) is 5.92 Å². The van der Waals surface area contributed by atoms with Crippen molar-refractivity contribution < 1.29 is 4.42 Å². The van der Waals surface area contributed by atoms with E-state index in [0.717, 1.165) is 37.2 Å². The Labute approximate surface area is 158 Å². The van der Waals surface area contributed by atoms with E-state index in [1.807, 2.05) is 0 Å². The molecule has 0 bridgehead atoms. The molecule has 2 N–H and O–H groups in total. The number of unbranched alkanes of at least 4 members (excludes halogenated alkanes) is 7. The molecule has 1 aliphatic heterocycles. The number of aryl methyl sites for hydroxylation is 1. The van der Waals surface area contributed by atoms with Gasteiger partial charge in [0.1, 0.15) is 5.52 Å². The minimum atomic E-state index is 0.663. The fourth-order valence-corrected chi connectivity index (χ4v) is 3.79. The zero-order valence-electron chi connectivity index (χ0n) is 16.4. The predicted octanol–water partition coefficient (Wildman–Crippen LogP) is 5.53. The topological polar surface area (TPSA) is 50.1 Å². The van der Waals surface area contributed by atoms with Gasteiger partial charge in [0, 0.05) is 6.54 Å². The predicted molar refractivity (Wildman–Crippen MR) is 110 cm³/mol. The molecule has 1 aliphatic rings. The van der Waals surface area contributed by atoms with Crippen LogP contribution in [0.4, 0.5) is 6.01 Å². The number of rotatable bonds is 12. The van der Waals surface area contributed by atoms with Crippen LogP contribution in [-0.4, -0.2) is 24.6 Å². The largest absolute Gasteiger partial charge is 0.424 e. The van der Waals surface area contributed by atoms with Crippen molar-refractivity contribution in [3.05, 3.63) is 23.8 Å². The lowest BCUT2D eigenvalue weighted by molar-refractivity contribution is 0.573. The van der Waals surface area contributed by atoms with Gasteiger partial charge in [-0.2, -0.15) is 4.98 Å². The fourth-order valence-electron chi connectivity index (χ4n) is 3.79. The molecule has 1 fully saturated rings. The first kappa shape index (κ1) is 19.2. The number of benzene rings is 1. The molecule has 0 aliphatic carbocycles. The summed E-state index contributed by atoms with van der Waals surface area (Å²) in [6.45, 7) is 5.43. The summed E-state index contributed by atoms with van der Waals surface area (Å²) in [6, 6.07) is 7.13. The molecule has 26 heavy (non-hydrogen) atoms. The van der Waals surface area contributed by atoms with Crippen LogP contribution in [0.25, 0.3) is 11.1 Å². The van der Waals surface area contributed by atoms with E-state index in [-0.39, 0.29) is 0 Å². The van der Waals surface area contributed by atoms with Crippen LogP contribution in [0.3, 0.4) is 0 Å². The third-order valence-electron chi connectivity index (χ3n) is 5.48. The van der Waals surface area contributed by atoms with E-state index >= 15 is 0 Å². The zero-order valence-corrected chi connectivity index (χ0v) is 16.4. The molecule has 1 aromatic heterocycles. The van der Waals surface area contributed by atoms with E-state index in [1.54, 1.807) is 0 Å². The summed E-state index contributed by atoms with van der Waals surface area (Å²) in [5.74, 6) is 0.683. The first-order valence-electron chi connectivity index (χ1n) is 10.7. The lowest BCUT2D eigenvalue weighted by atomic mass is 10.0. The average molecular weight is 358 g/mol. The van der Waals surface area contributed by atoms with Gasteiger partial charge in [0.2, 0.25) is 0 Å². The van der Waals surface area contributed by atoms with Crippen LogP contribution in [0.2, 0.25) is 0 Å². The standard InChI is InChI=1S/C22H35N3O/c1-2-3-4-5-6-7-8-9-10-18-11-12-21-20(15-18)25-22(26-21)24-17-19-13-14-23-16-19/h11-12,15,19,23H,2-10,13-14,16-17H2,1H3,(H,24,25)/t19-/m1/s1. The maximum Gasteiger partial charge on any atom is 0.295 e. The number of fused-ring (bicyclic) bond motifs is 1. The van der Waals surface area contributed by atoms with Crippen molar-refractivity contribution in [3.63, 3.8) is 0 Å². The highest BCUT2D eigenvalue weighted by molar-refractivity contribution is 5.75. The Morgan fingerprint density at radius 2 is 1.92 bits per heavy atom. The molecule has 0 unspecified atom stereocenters. The Bertz CT molecular complexity index is 646. The quantitative estimate of drug-likeness (QED) is 0.490. The summed E-state index contributed by atoms with van der Waals surface area (Å²) in [6.07, 6.45) is 13.3. The lowest BCUT2D eigenvalue weighted by Crippen LogP contribution is -2.17. The van der Waals surface area contributed by atoms with Crippen LogP contribution in [0.15, 0.2) is 22.6 Å². The van der Waals surface area contributed by atoms with Gasteiger partial charge in [0.25, 0.3) is 6.01 Å². The Morgan fingerprint density at radius 1 is 1.12 bits per heavy atom. The van der Waals surface area contributed by atoms with Gasteiger partial charge in [0.05, 0.1) is 0 Å². The minimum Gasteiger partial charge on any atom is -0.424 e. The molecule has 3 rings (SSSR count). The lowest BCUT2D eigenvalue weighted by Gasteiger charge is -2.07. The monoisotopic (exact) mass is 357 g/mol. The van der Waals surface area contributed by atoms with Gasteiger partial charge in [-0.3, -0.25) is 0 Å². The number of hydrogen-bond donors (Lipinski definition) is 2. The van der Waals surface area contributed by atoms with E-state index in [1.165, 1.54) is 63.4 Å². The summed E-state index contributed by atoms with van der Waals surface area (Å²) in [7, 11) is 0. The second-order valence-electron chi connectivity index (χ2n) is 7.79. The fraction of sp³-hybridized carbons (Fsp3) is 0.682. The van der Waals surface area contributed by atoms with Crippen molar-refractivity contribution >= 4 is 17.1 Å². The normalized spacial score (nSPS) is 17.2. The molecule has 144 valence electrons. The first-order chi connectivity index (χ1) is 12.8. The molecule has 0 saturated carbocycles. The van der Waals surface area contributed by atoms with Crippen LogP contribution in [0.5, 0.6) is 0 Å². The molecule has 1 atom stereocenters. The van der Waals surface area contributed by atoms with E-state index < -0.39 is 0 Å². The van der Waals surface area contributed by atoms with Crippen molar-refractivity contribution in [3.8, 4) is 0 Å². The molecule has 1 saturated heterocycles. The van der Waals surface area contributed by atoms with E-state index in [0.29, 0.717) is 11.9 Å². The van der Waals surface area contributed by atoms with E-state index in [2.05, 4.69) is 40.7 Å². The molecule has 0 radical (unpaired) electrons. The van der Waals surface area contributed by atoms with Gasteiger partial charge in [-0.25, -0.2) is 0 Å². The number of oxazole rings is 1. The Morgan fingerprint density at radius 3 is 2.69 bits per heavy atom. The highest BCUT2D eigenvalue weighted by atomic mass is 16.4. The molecule has 4 nitrogen and oxygen atoms in total. The van der Waals surface area contributed by atoms with Crippen molar-refractivity contribution in [1.29, 1.82) is 0 Å². The van der Waals surface area contributed by atoms with Crippen LogP contribution >= 0.6 is 0 Å². The van der Waals surface area contributed by atoms with Crippen LogP contribution in [0.1, 0.15) is 70.3 Å². The molecule has 2 heterocycles. The van der Waals surface area contributed by atoms with Crippen LogP contribution < -0.4 is 10.6 Å². The smallest absolute Gasteiger partial charge is 0.295 e. The molecule has 0 spiro atoms. The number of hydrogen-bond acceptors (Lipinski definition) is 4. The highest BCUT2D eigenvalue weighted by Gasteiger charge is 2.15. The Kier molecular flexibility index (Phi) is 7.81. The summed E-state index contributed by atoms with van der Waals surface area (Å²) in [5.41, 5.74) is 3.24. The van der Waals surface area contributed by atoms with Gasteiger partial charge in [-0.15, -0.1) is 0 Å².